The van der Waals surface area contributed by atoms with E-state index in [1.165, 1.54) is 11.8 Å². The molecule has 2 amide bonds. The smallest absolute Gasteiger partial charge is 0.259 e. The van der Waals surface area contributed by atoms with Crippen LogP contribution in [0.4, 0.5) is 11.4 Å². The van der Waals surface area contributed by atoms with Crippen molar-refractivity contribution in [1.82, 2.24) is 4.90 Å². The fraction of sp³-hybridized carbons (Fsp3) is 0.333. The number of anilines is 1. The molecule has 2 aliphatic rings. The standard InChI is InChI=1S/C24H26N4O2S/c1-5-9-20-23(30)28-21(25-20)17-11-6-7-12-19(17)27-24(28)31-16(4)22(29)26-18-13-8-10-14(2)15(18)3/h6-8,10-13,16,20H,5,9H2,1-4H3,(H,26,29)/t16-,20-/m0/s1. The molecular weight excluding hydrogens is 408 g/mol. The van der Waals surface area contributed by atoms with Crippen LogP contribution >= 0.6 is 11.8 Å². The fourth-order valence-electron chi connectivity index (χ4n) is 3.68. The zero-order valence-corrected chi connectivity index (χ0v) is 19.0. The van der Waals surface area contributed by atoms with Crippen molar-refractivity contribution in [3.8, 4) is 0 Å². The van der Waals surface area contributed by atoms with Gasteiger partial charge in [0.15, 0.2) is 5.17 Å². The Morgan fingerprint density at radius 3 is 2.74 bits per heavy atom. The van der Waals surface area contributed by atoms with E-state index >= 15 is 0 Å². The highest BCUT2D eigenvalue weighted by atomic mass is 32.2. The molecule has 0 saturated heterocycles. The van der Waals surface area contributed by atoms with Gasteiger partial charge in [-0.25, -0.2) is 9.89 Å². The Labute approximate surface area is 186 Å². The van der Waals surface area contributed by atoms with Crippen LogP contribution in [0.3, 0.4) is 0 Å². The number of nitrogens with one attached hydrogen (secondary N) is 1. The number of carbonyl (C=O) groups is 2. The minimum Gasteiger partial charge on any atom is -0.325 e. The van der Waals surface area contributed by atoms with Gasteiger partial charge in [0.1, 0.15) is 11.9 Å². The molecule has 6 nitrogen and oxygen atoms in total. The minimum absolute atomic E-state index is 0.0697. The first kappa shape index (κ1) is 21.3. The van der Waals surface area contributed by atoms with Gasteiger partial charge in [-0.15, -0.1) is 0 Å². The summed E-state index contributed by atoms with van der Waals surface area (Å²) in [4.78, 5) is 37.0. The van der Waals surface area contributed by atoms with E-state index in [4.69, 9.17) is 9.98 Å². The van der Waals surface area contributed by atoms with E-state index in [9.17, 15) is 9.59 Å². The molecule has 2 heterocycles. The lowest BCUT2D eigenvalue weighted by atomic mass is 10.1. The van der Waals surface area contributed by atoms with E-state index in [-0.39, 0.29) is 11.8 Å². The summed E-state index contributed by atoms with van der Waals surface area (Å²) >= 11 is 1.28. The Bertz CT molecular complexity index is 1110. The van der Waals surface area contributed by atoms with E-state index in [1.54, 1.807) is 4.90 Å². The van der Waals surface area contributed by atoms with E-state index in [1.807, 2.05) is 70.2 Å². The summed E-state index contributed by atoms with van der Waals surface area (Å²) in [5, 5.41) is 3.07. The van der Waals surface area contributed by atoms with Crippen molar-refractivity contribution < 1.29 is 9.59 Å². The van der Waals surface area contributed by atoms with E-state index < -0.39 is 11.3 Å². The quantitative estimate of drug-likeness (QED) is 0.733. The molecule has 0 fully saturated rings. The predicted octanol–water partition coefficient (Wildman–Crippen LogP) is 4.82. The highest BCUT2D eigenvalue weighted by Crippen LogP contribution is 2.35. The van der Waals surface area contributed by atoms with Crippen molar-refractivity contribution in [2.45, 2.75) is 51.8 Å². The number of nitrogens with zero attached hydrogens (tertiary/aromatic N) is 3. The highest BCUT2D eigenvalue weighted by Gasteiger charge is 2.41. The molecule has 31 heavy (non-hydrogen) atoms. The lowest BCUT2D eigenvalue weighted by molar-refractivity contribution is -0.124. The van der Waals surface area contributed by atoms with Crippen molar-refractivity contribution in [2.24, 2.45) is 9.98 Å². The largest absolute Gasteiger partial charge is 0.325 e. The van der Waals surface area contributed by atoms with Crippen LogP contribution in [0.25, 0.3) is 0 Å². The Morgan fingerprint density at radius 1 is 1.19 bits per heavy atom. The summed E-state index contributed by atoms with van der Waals surface area (Å²) in [5.41, 5.74) is 4.59. The average molecular weight is 435 g/mol. The predicted molar refractivity (Wildman–Crippen MR) is 127 cm³/mol. The van der Waals surface area contributed by atoms with Crippen molar-refractivity contribution >= 4 is 46.0 Å². The maximum atomic E-state index is 13.1. The summed E-state index contributed by atoms with van der Waals surface area (Å²) < 4.78 is 0. The van der Waals surface area contributed by atoms with Crippen LogP contribution in [0.15, 0.2) is 52.4 Å². The van der Waals surface area contributed by atoms with Crippen LogP contribution in [-0.4, -0.2) is 39.0 Å². The molecule has 2 atom stereocenters. The second-order valence-electron chi connectivity index (χ2n) is 7.84. The number of rotatable bonds is 5. The number of thioether (sulfide) groups is 1. The normalized spacial score (nSPS) is 18.1. The molecule has 0 saturated carbocycles. The molecule has 2 aromatic carbocycles. The van der Waals surface area contributed by atoms with Gasteiger partial charge < -0.3 is 5.32 Å². The van der Waals surface area contributed by atoms with Gasteiger partial charge in [-0.2, -0.15) is 0 Å². The molecule has 4 rings (SSSR count). The monoisotopic (exact) mass is 434 g/mol. The number of hydrogen-bond acceptors (Lipinski definition) is 5. The number of para-hydroxylation sites is 1. The Morgan fingerprint density at radius 2 is 1.97 bits per heavy atom. The third-order valence-electron chi connectivity index (χ3n) is 5.62. The molecule has 0 bridgehead atoms. The molecule has 0 unspecified atom stereocenters. The third kappa shape index (κ3) is 4.02. The van der Waals surface area contributed by atoms with Crippen molar-refractivity contribution in [3.63, 3.8) is 0 Å². The number of aryl methyl sites for hydroxylation is 1. The summed E-state index contributed by atoms with van der Waals surface area (Å²) in [6, 6.07) is 13.1. The summed E-state index contributed by atoms with van der Waals surface area (Å²) in [6.07, 6.45) is 1.57. The molecule has 1 N–H and O–H groups in total. The minimum atomic E-state index is -0.441. The van der Waals surface area contributed by atoms with Gasteiger partial charge >= 0.3 is 0 Å². The van der Waals surface area contributed by atoms with Crippen LogP contribution in [0, 0.1) is 13.8 Å². The van der Waals surface area contributed by atoms with Gasteiger partial charge in [-0.3, -0.25) is 14.6 Å². The molecule has 0 radical (unpaired) electrons. The first-order valence-electron chi connectivity index (χ1n) is 10.5. The lowest BCUT2D eigenvalue weighted by Gasteiger charge is -2.27. The maximum absolute atomic E-state index is 13.1. The third-order valence-corrected chi connectivity index (χ3v) is 6.68. The number of benzene rings is 2. The fourth-order valence-corrected chi connectivity index (χ4v) is 4.59. The van der Waals surface area contributed by atoms with Crippen LogP contribution < -0.4 is 5.32 Å². The van der Waals surface area contributed by atoms with Gasteiger partial charge in [0.05, 0.1) is 10.9 Å². The van der Waals surface area contributed by atoms with Gasteiger partial charge in [0, 0.05) is 11.3 Å². The van der Waals surface area contributed by atoms with E-state index in [0.717, 1.165) is 34.5 Å². The van der Waals surface area contributed by atoms with Crippen molar-refractivity contribution in [2.75, 3.05) is 5.32 Å². The summed E-state index contributed by atoms with van der Waals surface area (Å²) in [5.74, 6) is 0.439. The van der Waals surface area contributed by atoms with E-state index in [0.29, 0.717) is 17.4 Å². The van der Waals surface area contributed by atoms with Crippen molar-refractivity contribution in [1.29, 1.82) is 0 Å². The summed E-state index contributed by atoms with van der Waals surface area (Å²) in [6.45, 7) is 7.88. The van der Waals surface area contributed by atoms with Gasteiger partial charge in [0.25, 0.3) is 5.91 Å². The maximum Gasteiger partial charge on any atom is 0.259 e. The Kier molecular flexibility index (Phi) is 5.96. The molecular formula is C24H26N4O2S. The van der Waals surface area contributed by atoms with Gasteiger partial charge in [-0.1, -0.05) is 49.4 Å². The number of carbonyl (C=O) groups excluding carboxylic acids is 2. The number of amides is 2. The molecule has 7 heteroatoms. The molecule has 2 aliphatic heterocycles. The average Bonchev–Trinajstić information content (AvgIpc) is 3.08. The first-order chi connectivity index (χ1) is 14.9. The summed E-state index contributed by atoms with van der Waals surface area (Å²) in [7, 11) is 0. The zero-order valence-electron chi connectivity index (χ0n) is 18.2. The molecule has 0 aromatic heterocycles. The zero-order chi connectivity index (χ0) is 22.1. The van der Waals surface area contributed by atoms with E-state index in [2.05, 4.69) is 5.32 Å². The lowest BCUT2D eigenvalue weighted by Crippen LogP contribution is -2.42. The molecule has 0 spiro atoms. The Balaban J connectivity index is 1.59. The topological polar surface area (TPSA) is 74.1 Å². The Hall–Kier alpha value is -2.93. The first-order valence-corrected chi connectivity index (χ1v) is 11.4. The van der Waals surface area contributed by atoms with Crippen molar-refractivity contribution in [3.05, 3.63) is 59.2 Å². The van der Waals surface area contributed by atoms with Crippen LogP contribution in [0.5, 0.6) is 0 Å². The molecule has 0 aliphatic carbocycles. The molecule has 160 valence electrons. The number of aliphatic imine (C=N–C) groups is 2. The molecule has 2 aromatic rings. The number of amidine groups is 2. The highest BCUT2D eigenvalue weighted by molar-refractivity contribution is 8.15. The number of hydrogen-bond donors (Lipinski definition) is 1. The second-order valence-corrected chi connectivity index (χ2v) is 9.15. The van der Waals surface area contributed by atoms with Crippen LogP contribution in [0.1, 0.15) is 43.4 Å². The number of fused-ring (bicyclic) bond motifs is 3. The SMILES string of the molecule is CCC[C@@H]1N=C2c3ccccc3N=C(S[C@@H](C)C(=O)Nc3cccc(C)c3C)N2C1=O. The van der Waals surface area contributed by atoms with Crippen LogP contribution in [0.2, 0.25) is 0 Å². The van der Waals surface area contributed by atoms with Gasteiger partial charge in [-0.05, 0) is 56.5 Å². The van der Waals surface area contributed by atoms with Crippen LogP contribution in [-0.2, 0) is 9.59 Å². The van der Waals surface area contributed by atoms with Gasteiger partial charge in [0.2, 0.25) is 5.91 Å². The second kappa shape index (κ2) is 8.67.